The Morgan fingerprint density at radius 1 is 1.29 bits per heavy atom. The third kappa shape index (κ3) is 3.62. The van der Waals surface area contributed by atoms with Crippen molar-refractivity contribution >= 4 is 17.8 Å². The number of alkyl halides is 3. The van der Waals surface area contributed by atoms with Gasteiger partial charge in [0.1, 0.15) is 5.69 Å². The van der Waals surface area contributed by atoms with Gasteiger partial charge in [-0.1, -0.05) is 13.8 Å². The van der Waals surface area contributed by atoms with Crippen LogP contribution in [0, 0.1) is 5.92 Å². The van der Waals surface area contributed by atoms with E-state index in [0.29, 0.717) is 5.69 Å². The predicted octanol–water partition coefficient (Wildman–Crippen LogP) is 2.84. The largest absolute Gasteiger partial charge is 0.433 e. The van der Waals surface area contributed by atoms with Gasteiger partial charge in [-0.2, -0.15) is 13.2 Å². The van der Waals surface area contributed by atoms with Gasteiger partial charge in [0.25, 0.3) is 11.6 Å². The van der Waals surface area contributed by atoms with Crippen LogP contribution in [0.1, 0.15) is 25.2 Å². The fourth-order valence-corrected chi connectivity index (χ4v) is 2.77. The zero-order chi connectivity index (χ0) is 20.5. The highest BCUT2D eigenvalue weighted by Crippen LogP contribution is 2.31. The number of allylic oxidation sites excluding steroid dienone is 2. The molecule has 2 N–H and O–H groups in total. The first-order valence-corrected chi connectivity index (χ1v) is 8.48. The van der Waals surface area contributed by atoms with Crippen LogP contribution >= 0.6 is 0 Å². The van der Waals surface area contributed by atoms with Gasteiger partial charge < -0.3 is 15.2 Å². The highest BCUT2D eigenvalue weighted by atomic mass is 19.4. The molecule has 0 saturated heterocycles. The van der Waals surface area contributed by atoms with E-state index in [-0.39, 0.29) is 11.6 Å². The van der Waals surface area contributed by atoms with Gasteiger partial charge in [-0.25, -0.2) is 15.0 Å². The van der Waals surface area contributed by atoms with Gasteiger partial charge in [0.15, 0.2) is 0 Å². The number of imidazole rings is 1. The number of aryl methyl sites for hydroxylation is 1. The SMILES string of the molecule is CC(C)C1=CC=NC(C(=O)Nc2ccc(C(F)(F)F)nc2)(c2cncn2C)N1. The number of pyridine rings is 1. The Labute approximate surface area is 159 Å². The maximum atomic E-state index is 13.2. The number of carbonyl (C=O) groups excluding carboxylic acids is 1. The average molecular weight is 392 g/mol. The van der Waals surface area contributed by atoms with Crippen LogP contribution in [0.15, 0.2) is 47.6 Å². The Balaban J connectivity index is 1.94. The molecule has 0 aromatic carbocycles. The van der Waals surface area contributed by atoms with Crippen molar-refractivity contribution in [1.29, 1.82) is 0 Å². The van der Waals surface area contributed by atoms with Gasteiger partial charge in [-0.05, 0) is 24.1 Å². The summed E-state index contributed by atoms with van der Waals surface area (Å²) in [5, 5.41) is 5.75. The molecule has 0 bridgehead atoms. The van der Waals surface area contributed by atoms with E-state index < -0.39 is 23.4 Å². The molecule has 1 atom stereocenters. The van der Waals surface area contributed by atoms with Crippen molar-refractivity contribution in [1.82, 2.24) is 19.9 Å². The van der Waals surface area contributed by atoms with Gasteiger partial charge in [0.05, 0.1) is 30.1 Å². The summed E-state index contributed by atoms with van der Waals surface area (Å²) in [5.41, 5.74) is -1.16. The molecule has 3 heterocycles. The first kappa shape index (κ1) is 19.6. The summed E-state index contributed by atoms with van der Waals surface area (Å²) >= 11 is 0. The van der Waals surface area contributed by atoms with Gasteiger partial charge in [0.2, 0.25) is 0 Å². The van der Waals surface area contributed by atoms with Gasteiger partial charge in [0, 0.05) is 19.0 Å². The number of halogens is 3. The third-order valence-corrected chi connectivity index (χ3v) is 4.30. The van der Waals surface area contributed by atoms with E-state index in [4.69, 9.17) is 0 Å². The fourth-order valence-electron chi connectivity index (χ4n) is 2.77. The summed E-state index contributed by atoms with van der Waals surface area (Å²) in [5.74, 6) is -0.472. The van der Waals surface area contributed by atoms with Crippen molar-refractivity contribution in [2.45, 2.75) is 25.7 Å². The first-order chi connectivity index (χ1) is 13.1. The van der Waals surface area contributed by atoms with Crippen molar-refractivity contribution in [3.8, 4) is 0 Å². The number of aromatic nitrogens is 3. The summed E-state index contributed by atoms with van der Waals surface area (Å²) < 4.78 is 39.7. The molecule has 2 aromatic rings. The van der Waals surface area contributed by atoms with E-state index in [0.717, 1.165) is 24.0 Å². The van der Waals surface area contributed by atoms with Crippen LogP contribution in [0.3, 0.4) is 0 Å². The first-order valence-electron chi connectivity index (χ1n) is 8.48. The minimum absolute atomic E-state index is 0.0971. The molecule has 1 aliphatic rings. The lowest BCUT2D eigenvalue weighted by Crippen LogP contribution is -2.53. The summed E-state index contributed by atoms with van der Waals surface area (Å²) in [6, 6.07) is 1.96. The average Bonchev–Trinajstić information content (AvgIpc) is 3.08. The minimum atomic E-state index is -4.55. The molecule has 148 valence electrons. The lowest BCUT2D eigenvalue weighted by molar-refractivity contribution is -0.141. The van der Waals surface area contributed by atoms with E-state index in [1.54, 1.807) is 17.7 Å². The van der Waals surface area contributed by atoms with Gasteiger partial charge in [-0.3, -0.25) is 4.79 Å². The zero-order valence-corrected chi connectivity index (χ0v) is 15.4. The van der Waals surface area contributed by atoms with E-state index in [1.165, 1.54) is 18.7 Å². The lowest BCUT2D eigenvalue weighted by Gasteiger charge is -2.34. The predicted molar refractivity (Wildman–Crippen MR) is 97.3 cm³/mol. The molecule has 0 saturated carbocycles. The molecule has 2 aromatic heterocycles. The van der Waals surface area contributed by atoms with Crippen LogP contribution < -0.4 is 10.6 Å². The van der Waals surface area contributed by atoms with Crippen LogP contribution in [-0.2, 0) is 23.7 Å². The highest BCUT2D eigenvalue weighted by molar-refractivity contribution is 6.00. The molecule has 3 rings (SSSR count). The Morgan fingerprint density at radius 3 is 2.57 bits per heavy atom. The quantitative estimate of drug-likeness (QED) is 0.838. The van der Waals surface area contributed by atoms with E-state index in [1.807, 2.05) is 13.8 Å². The summed E-state index contributed by atoms with van der Waals surface area (Å²) in [6.07, 6.45) is 2.76. The molecule has 1 amide bonds. The summed E-state index contributed by atoms with van der Waals surface area (Å²) in [4.78, 5) is 25.0. The van der Waals surface area contributed by atoms with Crippen LogP contribution in [-0.4, -0.2) is 26.7 Å². The summed E-state index contributed by atoms with van der Waals surface area (Å²) in [7, 11) is 1.72. The standard InChI is InChI=1S/C18H19F3N6O/c1-11(2)13-6-7-24-17(26-13,15-9-22-10-27(15)3)16(28)25-12-4-5-14(23-8-12)18(19,20)21/h4-11,26H,1-3H3,(H,25,28). The molecule has 0 radical (unpaired) electrons. The molecular weight excluding hydrogens is 373 g/mol. The summed E-state index contributed by atoms with van der Waals surface area (Å²) in [6.45, 7) is 3.92. The number of nitrogens with zero attached hydrogens (tertiary/aromatic N) is 4. The molecule has 0 fully saturated rings. The topological polar surface area (TPSA) is 84.2 Å². The van der Waals surface area contributed by atoms with Crippen LogP contribution in [0.25, 0.3) is 0 Å². The molecule has 28 heavy (non-hydrogen) atoms. The molecule has 7 nitrogen and oxygen atoms in total. The Hall–Kier alpha value is -3.17. The number of hydrogen-bond donors (Lipinski definition) is 2. The maximum absolute atomic E-state index is 13.2. The molecule has 0 aliphatic carbocycles. The van der Waals surface area contributed by atoms with Crippen molar-refractivity contribution in [2.24, 2.45) is 18.0 Å². The normalized spacial score (nSPS) is 19.3. The number of nitrogens with one attached hydrogen (secondary N) is 2. The van der Waals surface area contributed by atoms with Crippen molar-refractivity contribution < 1.29 is 18.0 Å². The number of aliphatic imine (C=N–C) groups is 1. The van der Waals surface area contributed by atoms with E-state index >= 15 is 0 Å². The van der Waals surface area contributed by atoms with Crippen LogP contribution in [0.2, 0.25) is 0 Å². The minimum Gasteiger partial charge on any atom is -0.352 e. The highest BCUT2D eigenvalue weighted by Gasteiger charge is 2.44. The second-order valence-corrected chi connectivity index (χ2v) is 6.66. The van der Waals surface area contributed by atoms with Crippen molar-refractivity contribution in [3.63, 3.8) is 0 Å². The van der Waals surface area contributed by atoms with Crippen molar-refractivity contribution in [2.75, 3.05) is 5.32 Å². The monoisotopic (exact) mass is 392 g/mol. The van der Waals surface area contributed by atoms with Gasteiger partial charge >= 0.3 is 6.18 Å². The fraction of sp³-hybridized carbons (Fsp3) is 0.333. The maximum Gasteiger partial charge on any atom is 0.433 e. The van der Waals surface area contributed by atoms with Crippen LogP contribution in [0.5, 0.6) is 0 Å². The molecular formula is C18H19F3N6O. The smallest absolute Gasteiger partial charge is 0.352 e. The number of hydrogen-bond acceptors (Lipinski definition) is 5. The van der Waals surface area contributed by atoms with E-state index in [2.05, 4.69) is 25.6 Å². The van der Waals surface area contributed by atoms with Crippen LogP contribution in [0.4, 0.5) is 18.9 Å². The second kappa shape index (κ2) is 7.10. The number of rotatable bonds is 4. The van der Waals surface area contributed by atoms with Crippen molar-refractivity contribution in [3.05, 3.63) is 54.0 Å². The lowest BCUT2D eigenvalue weighted by atomic mass is 10.00. The molecule has 1 unspecified atom stereocenters. The van der Waals surface area contributed by atoms with E-state index in [9.17, 15) is 18.0 Å². The number of carbonyl (C=O) groups is 1. The zero-order valence-electron chi connectivity index (χ0n) is 15.4. The molecule has 0 spiro atoms. The number of amides is 1. The molecule has 10 heteroatoms. The molecule has 1 aliphatic heterocycles. The Morgan fingerprint density at radius 2 is 2.04 bits per heavy atom. The Bertz CT molecular complexity index is 930. The number of anilines is 1. The third-order valence-electron chi connectivity index (χ3n) is 4.30. The Kier molecular flexibility index (Phi) is 4.97. The van der Waals surface area contributed by atoms with Gasteiger partial charge in [-0.15, -0.1) is 0 Å². The second-order valence-electron chi connectivity index (χ2n) is 6.66.